The third-order valence-corrected chi connectivity index (χ3v) is 10.1. The zero-order valence-corrected chi connectivity index (χ0v) is 31.9. The Morgan fingerprint density at radius 2 is 1.81 bits per heavy atom. The summed E-state index contributed by atoms with van der Waals surface area (Å²) in [5.74, 6) is 1.44. The number of imidazole rings is 1. The first-order chi connectivity index (χ1) is 25.8. The smallest absolute Gasteiger partial charge is 0.390 e. The van der Waals surface area contributed by atoms with E-state index in [0.717, 1.165) is 0 Å². The number of nitro groups is 1. The highest BCUT2D eigenvalue weighted by Gasteiger charge is 2.41. The van der Waals surface area contributed by atoms with Crippen molar-refractivity contribution in [3.8, 4) is 11.5 Å². The van der Waals surface area contributed by atoms with Crippen molar-refractivity contribution in [3.63, 3.8) is 0 Å². The highest BCUT2D eigenvalue weighted by Crippen LogP contribution is 2.48. The van der Waals surface area contributed by atoms with Crippen molar-refractivity contribution in [1.82, 2.24) is 29.4 Å². The van der Waals surface area contributed by atoms with Crippen LogP contribution < -0.4 is 24.6 Å². The summed E-state index contributed by atoms with van der Waals surface area (Å²) in [4.78, 5) is 61.3. The molecule has 2 aliphatic rings. The van der Waals surface area contributed by atoms with Crippen LogP contribution in [0.5, 0.6) is 11.5 Å². The number of likely N-dealkylation sites (tertiary alicyclic amines) is 1. The molecule has 0 spiro atoms. The number of rotatable bonds is 12. The molecule has 17 nitrogen and oxygen atoms in total. The minimum absolute atomic E-state index is 0.0647. The summed E-state index contributed by atoms with van der Waals surface area (Å²) in [5, 5.41) is 14.8. The number of carbonyl (C=O) groups excluding carboxylic acids is 2. The number of anilines is 4. The van der Waals surface area contributed by atoms with E-state index in [0.29, 0.717) is 66.4 Å². The zero-order valence-electron chi connectivity index (χ0n) is 30.4. The van der Waals surface area contributed by atoms with Gasteiger partial charge in [0.25, 0.3) is 0 Å². The second-order valence-corrected chi connectivity index (χ2v) is 14.3. The highest BCUT2D eigenvalue weighted by atomic mass is 35.5. The van der Waals surface area contributed by atoms with Crippen molar-refractivity contribution >= 4 is 64.2 Å². The topological polar surface area (TPSA) is 174 Å². The monoisotopic (exact) mass is 780 g/mol. The van der Waals surface area contributed by atoms with Crippen LogP contribution in [0.15, 0.2) is 55.1 Å². The van der Waals surface area contributed by atoms with Gasteiger partial charge in [0.15, 0.2) is 5.69 Å². The van der Waals surface area contributed by atoms with Gasteiger partial charge in [0, 0.05) is 56.3 Å². The number of quaternary nitrogens is 1. The number of pyridine rings is 1. The van der Waals surface area contributed by atoms with Gasteiger partial charge >= 0.3 is 11.8 Å². The Morgan fingerprint density at radius 1 is 1.11 bits per heavy atom. The normalized spacial score (nSPS) is 15.1. The Morgan fingerprint density at radius 3 is 2.44 bits per heavy atom. The quantitative estimate of drug-likeness (QED) is 0.0850. The molecule has 4 aromatic rings. The van der Waals surface area contributed by atoms with Crippen molar-refractivity contribution in [3.05, 3.63) is 86.6 Å². The fourth-order valence-corrected chi connectivity index (χ4v) is 7.24. The fourth-order valence-electron chi connectivity index (χ4n) is 6.54. The van der Waals surface area contributed by atoms with E-state index in [4.69, 9.17) is 37.7 Å². The summed E-state index contributed by atoms with van der Waals surface area (Å²) in [6.45, 7) is 1.63. The number of halogens is 2. The van der Waals surface area contributed by atoms with Gasteiger partial charge in [-0.25, -0.2) is 14.8 Å². The minimum atomic E-state index is -0.489. The number of ether oxygens (including phenoxy) is 2. The number of urea groups is 1. The van der Waals surface area contributed by atoms with Crippen molar-refractivity contribution in [2.75, 3.05) is 63.1 Å². The van der Waals surface area contributed by atoms with Gasteiger partial charge in [-0.15, -0.1) is 0 Å². The summed E-state index contributed by atoms with van der Waals surface area (Å²) in [5.41, 5.74) is 1.37. The number of hydrogen-bond donors (Lipinski definition) is 1. The summed E-state index contributed by atoms with van der Waals surface area (Å²) in [6.07, 6.45) is 8.95. The van der Waals surface area contributed by atoms with Gasteiger partial charge in [0.2, 0.25) is 18.2 Å². The number of fused-ring (bicyclic) bond motifs is 1. The molecular formula is C35H40Cl2N11O6+. The maximum absolute atomic E-state index is 14.6. The second-order valence-electron chi connectivity index (χ2n) is 13.5. The van der Waals surface area contributed by atoms with E-state index in [1.165, 1.54) is 31.5 Å². The highest BCUT2D eigenvalue weighted by molar-refractivity contribution is 6.42. The molecule has 1 saturated heterocycles. The molecule has 0 aliphatic carbocycles. The molecule has 3 aromatic heterocycles. The molecular weight excluding hydrogens is 741 g/mol. The third-order valence-electron chi connectivity index (χ3n) is 9.35. The van der Waals surface area contributed by atoms with E-state index >= 15 is 0 Å². The van der Waals surface area contributed by atoms with Gasteiger partial charge in [-0.3, -0.25) is 14.6 Å². The molecule has 54 heavy (non-hydrogen) atoms. The molecule has 1 aromatic carbocycles. The number of methoxy groups -OCH3 is 2. The van der Waals surface area contributed by atoms with Crippen molar-refractivity contribution in [2.24, 2.45) is 7.05 Å². The van der Waals surface area contributed by atoms with Crippen LogP contribution in [0.4, 0.5) is 33.9 Å². The number of carbonyl (C=O) groups is 2. The Kier molecular flexibility index (Phi) is 11.2. The Bertz CT molecular complexity index is 2060. The molecule has 3 amide bonds. The van der Waals surface area contributed by atoms with Crippen LogP contribution in [0.25, 0.3) is 0 Å². The van der Waals surface area contributed by atoms with E-state index in [1.807, 2.05) is 20.2 Å². The number of hydrogen-bond acceptors (Lipinski definition) is 11. The predicted octanol–water partition coefficient (Wildman–Crippen LogP) is 5.35. The maximum atomic E-state index is 14.6. The van der Waals surface area contributed by atoms with E-state index < -0.39 is 11.0 Å². The molecule has 0 unspecified atom stereocenters. The van der Waals surface area contributed by atoms with Crippen LogP contribution in [0, 0.1) is 10.1 Å². The molecule has 1 N–H and O–H groups in total. The fraction of sp³-hybridized carbons (Fsp3) is 0.371. The number of amides is 3. The van der Waals surface area contributed by atoms with Gasteiger partial charge in [-0.2, -0.15) is 4.98 Å². The number of nitrogens with one attached hydrogen (secondary N) is 1. The first kappa shape index (κ1) is 38.2. The van der Waals surface area contributed by atoms with E-state index in [1.54, 1.807) is 58.1 Å². The first-order valence-corrected chi connectivity index (χ1v) is 17.7. The van der Waals surface area contributed by atoms with Gasteiger partial charge in [-0.05, 0) is 41.0 Å². The van der Waals surface area contributed by atoms with Gasteiger partial charge in [0.1, 0.15) is 39.7 Å². The zero-order chi connectivity index (χ0) is 38.7. The summed E-state index contributed by atoms with van der Waals surface area (Å²) in [6, 6.07) is 6.20. The number of benzene rings is 1. The standard InChI is InChI=1S/C35H40Cl2N11O6/c1-43-21-40-33(47(51)52)24(43)20-48(2,3)16-8-10-28(49)44-14-11-23(12-15-44)46-32-22(18-39-34(42-32)41-27-9-6-7-13-38-27)19-45(35(46)50)31-29(36)25(53-4)17-26(54-5)30(31)37/h6-10,13,17-18,21,23H,11-12,14-16,19-20H2,1-5H3,(H,38,39,41,42)/q+1/b10-8+. The average molecular weight is 782 g/mol. The lowest BCUT2D eigenvalue weighted by atomic mass is 10.0. The van der Waals surface area contributed by atoms with Crippen LogP contribution in [0.2, 0.25) is 10.0 Å². The Balaban J connectivity index is 1.22. The Labute approximate surface area is 321 Å². The van der Waals surface area contributed by atoms with Crippen LogP contribution in [-0.2, 0) is 24.9 Å². The van der Waals surface area contributed by atoms with Crippen LogP contribution >= 0.6 is 23.2 Å². The maximum Gasteiger partial charge on any atom is 0.390 e. The third kappa shape index (κ3) is 7.88. The van der Waals surface area contributed by atoms with Crippen LogP contribution in [0.3, 0.4) is 0 Å². The SMILES string of the molecule is COc1cc(OC)c(Cl)c(N2Cc3cnc(Nc4ccccn4)nc3N(C3CCN(C(=O)/C=C/C[N+](C)(C)Cc4c([N+](=O)[O-])ncn4C)CC3)C2=O)c1Cl. The second kappa shape index (κ2) is 15.8. The van der Waals surface area contributed by atoms with Gasteiger partial charge < -0.3 is 38.9 Å². The molecule has 1 fully saturated rings. The first-order valence-electron chi connectivity index (χ1n) is 17.0. The van der Waals surface area contributed by atoms with E-state index in [2.05, 4.69) is 20.3 Å². The predicted molar refractivity (Wildman–Crippen MR) is 202 cm³/mol. The molecule has 19 heteroatoms. The summed E-state index contributed by atoms with van der Waals surface area (Å²) >= 11 is 13.6. The van der Waals surface area contributed by atoms with Gasteiger partial charge in [-0.1, -0.05) is 29.3 Å². The number of aromatic nitrogens is 5. The van der Waals surface area contributed by atoms with Crippen LogP contribution in [-0.4, -0.2) is 105 Å². The number of aryl methyl sites for hydroxylation is 1. The average Bonchev–Trinajstić information content (AvgIpc) is 3.51. The van der Waals surface area contributed by atoms with E-state index in [9.17, 15) is 19.7 Å². The summed E-state index contributed by atoms with van der Waals surface area (Å²) in [7, 11) is 8.50. The molecule has 0 saturated carbocycles. The van der Waals surface area contributed by atoms with E-state index in [-0.39, 0.29) is 57.5 Å². The Hall–Kier alpha value is -5.52. The summed E-state index contributed by atoms with van der Waals surface area (Å²) < 4.78 is 13.0. The molecule has 284 valence electrons. The molecule has 2 aliphatic heterocycles. The van der Waals surface area contributed by atoms with Crippen LogP contribution in [0.1, 0.15) is 24.1 Å². The molecule has 5 heterocycles. The van der Waals surface area contributed by atoms with Crippen molar-refractivity contribution in [1.29, 1.82) is 0 Å². The lowest BCUT2D eigenvalue weighted by molar-refractivity contribution is -0.898. The minimum Gasteiger partial charge on any atom is -0.495 e. The molecule has 0 radical (unpaired) electrons. The number of piperidine rings is 1. The number of nitrogens with zero attached hydrogens (tertiary/aromatic N) is 10. The lowest BCUT2D eigenvalue weighted by Crippen LogP contribution is -2.55. The van der Waals surface area contributed by atoms with Gasteiger partial charge in [0.05, 0.1) is 47.1 Å². The van der Waals surface area contributed by atoms with Crippen molar-refractivity contribution in [2.45, 2.75) is 32.0 Å². The molecule has 0 bridgehead atoms. The largest absolute Gasteiger partial charge is 0.495 e. The molecule has 0 atom stereocenters. The number of likely N-dealkylation sites (N-methyl/N-ethyl adjacent to an activating group) is 1. The van der Waals surface area contributed by atoms with Crippen molar-refractivity contribution < 1.29 is 28.5 Å². The molecule has 6 rings (SSSR count). The lowest BCUT2D eigenvalue weighted by Gasteiger charge is -2.43.